The minimum Gasteiger partial charge on any atom is -0.507 e. The molecule has 0 aliphatic rings. The zero-order valence-electron chi connectivity index (χ0n) is 35.4. The zero-order chi connectivity index (χ0) is 39.6. The summed E-state index contributed by atoms with van der Waals surface area (Å²) in [7, 11) is 0.488. The van der Waals surface area contributed by atoms with Gasteiger partial charge in [-0.2, -0.15) is 0 Å². The highest BCUT2D eigenvalue weighted by molar-refractivity contribution is 7.40. The number of aromatic hydroxyl groups is 1. The Kier molecular flexibility index (Phi) is 13.5. The predicted octanol–water partition coefficient (Wildman–Crippen LogP) is 14.7. The van der Waals surface area contributed by atoms with E-state index in [-0.39, 0.29) is 42.0 Å². The molecule has 0 bridgehead atoms. The molecule has 0 saturated carbocycles. The van der Waals surface area contributed by atoms with Gasteiger partial charge in [-0.3, -0.25) is 0 Å². The van der Waals surface area contributed by atoms with Gasteiger partial charge in [0.1, 0.15) is 11.5 Å². The minimum atomic E-state index is -0.250. The van der Waals surface area contributed by atoms with E-state index in [0.717, 1.165) is 40.8 Å². The first kappa shape index (κ1) is 43.0. The van der Waals surface area contributed by atoms with E-state index in [1.54, 1.807) is 0 Å². The Bertz CT molecular complexity index is 1800. The largest absolute Gasteiger partial charge is 0.507 e. The average Bonchev–Trinajstić information content (AvgIpc) is 3.06. The molecular weight excluding hydrogens is 686 g/mol. The molecule has 0 aliphatic carbocycles. The van der Waals surface area contributed by atoms with E-state index >= 15 is 0 Å². The van der Waals surface area contributed by atoms with E-state index in [4.69, 9.17) is 9.05 Å². The summed E-state index contributed by atoms with van der Waals surface area (Å²) in [5, 5.41) is 12.2. The Morgan fingerprint density at radius 1 is 0.585 bits per heavy atom. The molecule has 288 valence electrons. The molecular formula is C48H68O3P2. The van der Waals surface area contributed by atoms with Crippen LogP contribution in [0.5, 0.6) is 11.5 Å². The summed E-state index contributed by atoms with van der Waals surface area (Å²) in [6.07, 6.45) is 1.83. The lowest BCUT2D eigenvalue weighted by atomic mass is 9.75. The monoisotopic (exact) mass is 754 g/mol. The molecule has 0 saturated heterocycles. The van der Waals surface area contributed by atoms with Crippen LogP contribution in [0.2, 0.25) is 0 Å². The third-order valence-electron chi connectivity index (χ3n) is 10.4. The van der Waals surface area contributed by atoms with Crippen molar-refractivity contribution in [2.75, 3.05) is 0 Å². The van der Waals surface area contributed by atoms with Gasteiger partial charge in [-0.1, -0.05) is 177 Å². The maximum absolute atomic E-state index is 12.1. The van der Waals surface area contributed by atoms with Gasteiger partial charge in [0.15, 0.2) is 0 Å². The van der Waals surface area contributed by atoms with Crippen LogP contribution >= 0.6 is 17.6 Å². The third-order valence-corrected chi connectivity index (χ3v) is 13.0. The van der Waals surface area contributed by atoms with Crippen LogP contribution in [0.3, 0.4) is 0 Å². The van der Waals surface area contributed by atoms with E-state index in [0.29, 0.717) is 20.0 Å². The summed E-state index contributed by atoms with van der Waals surface area (Å²) in [6, 6.07) is 30.8. The molecule has 3 nitrogen and oxygen atoms in total. The van der Waals surface area contributed by atoms with Gasteiger partial charge in [-0.25, -0.2) is 0 Å². The second-order valence-electron chi connectivity index (χ2n) is 19.5. The van der Waals surface area contributed by atoms with Crippen LogP contribution in [0.15, 0.2) is 84.9 Å². The van der Waals surface area contributed by atoms with E-state index in [2.05, 4.69) is 189 Å². The minimum absolute atomic E-state index is 0.0260. The number of rotatable bonds is 12. The number of benzene rings is 4. The highest BCUT2D eigenvalue weighted by Crippen LogP contribution is 2.54. The van der Waals surface area contributed by atoms with Crippen molar-refractivity contribution < 1.29 is 14.2 Å². The Hall–Kier alpha value is -2.70. The Labute approximate surface area is 326 Å². The molecule has 0 aromatic heterocycles. The van der Waals surface area contributed by atoms with Gasteiger partial charge >= 0.3 is 0 Å². The molecule has 1 N–H and O–H groups in total. The number of hydrogen-bond acceptors (Lipinski definition) is 3. The van der Waals surface area contributed by atoms with Crippen molar-refractivity contribution in [3.63, 3.8) is 0 Å². The Morgan fingerprint density at radius 2 is 1.08 bits per heavy atom. The first-order valence-electron chi connectivity index (χ1n) is 19.5. The molecule has 0 radical (unpaired) electrons. The first-order valence-corrected chi connectivity index (χ1v) is 21.4. The van der Waals surface area contributed by atoms with Gasteiger partial charge in [0.25, 0.3) is 0 Å². The Morgan fingerprint density at radius 3 is 1.57 bits per heavy atom. The van der Waals surface area contributed by atoms with Crippen molar-refractivity contribution in [3.8, 4) is 22.6 Å². The summed E-state index contributed by atoms with van der Waals surface area (Å²) in [4.78, 5) is 0. The first-order chi connectivity index (χ1) is 24.4. The highest BCUT2D eigenvalue weighted by atomic mass is 31.1. The van der Waals surface area contributed by atoms with Crippen molar-refractivity contribution in [1.29, 1.82) is 0 Å². The molecule has 4 aromatic rings. The van der Waals surface area contributed by atoms with Crippen molar-refractivity contribution >= 4 is 17.6 Å². The van der Waals surface area contributed by atoms with Gasteiger partial charge in [0.2, 0.25) is 9.03 Å². The zero-order valence-corrected chi connectivity index (χ0v) is 37.4. The fourth-order valence-corrected chi connectivity index (χ4v) is 9.50. The standard InChI is InChI=1S/C48H68O3P2/c1-16-36(31-41(32-23-19-17-20-24-32)52-48(14,15)33-25-21-18-22-26-33)50-53-51-43-38(28-35(45(5,6)7)30-40(43)47(11,12)13)37-27-34(44(2,3)4)29-39(42(37)49)46(8,9)10/h17-30,36,41,49,52-53H,16,31H2,1-15H3. The van der Waals surface area contributed by atoms with Crippen molar-refractivity contribution in [3.05, 3.63) is 118 Å². The Balaban J connectivity index is 1.77. The van der Waals surface area contributed by atoms with E-state index in [1.807, 2.05) is 0 Å². The fourth-order valence-electron chi connectivity index (χ4n) is 6.81. The molecule has 4 rings (SSSR count). The maximum Gasteiger partial charge on any atom is 0.215 e. The fraction of sp³-hybridized carbons (Fsp3) is 0.500. The second-order valence-corrected chi connectivity index (χ2v) is 22.3. The third kappa shape index (κ3) is 11.0. The van der Waals surface area contributed by atoms with Crippen LogP contribution in [0, 0.1) is 0 Å². The summed E-state index contributed by atoms with van der Waals surface area (Å²) < 4.78 is 13.7. The summed E-state index contributed by atoms with van der Waals surface area (Å²) in [5.41, 5.74) is 8.61. The summed E-state index contributed by atoms with van der Waals surface area (Å²) in [5.74, 6) is 1.12. The maximum atomic E-state index is 12.1. The summed E-state index contributed by atoms with van der Waals surface area (Å²) >= 11 is 0. The highest BCUT2D eigenvalue weighted by Gasteiger charge is 2.32. The molecule has 0 amide bonds. The van der Waals surface area contributed by atoms with Crippen LogP contribution in [0.1, 0.15) is 156 Å². The smallest absolute Gasteiger partial charge is 0.215 e. The lowest BCUT2D eigenvalue weighted by Crippen LogP contribution is -2.19. The van der Waals surface area contributed by atoms with E-state index in [9.17, 15) is 5.11 Å². The van der Waals surface area contributed by atoms with Gasteiger partial charge in [0, 0.05) is 33.1 Å². The van der Waals surface area contributed by atoms with Crippen molar-refractivity contribution in [2.45, 2.75) is 155 Å². The van der Waals surface area contributed by atoms with Gasteiger partial charge < -0.3 is 14.2 Å². The van der Waals surface area contributed by atoms with Gasteiger partial charge in [0.05, 0.1) is 6.10 Å². The molecule has 53 heavy (non-hydrogen) atoms. The molecule has 0 heterocycles. The van der Waals surface area contributed by atoms with Crippen molar-refractivity contribution in [1.82, 2.24) is 0 Å². The van der Waals surface area contributed by atoms with Gasteiger partial charge in [-0.15, -0.1) is 8.58 Å². The normalized spacial score (nSPS) is 14.7. The lowest BCUT2D eigenvalue weighted by Gasteiger charge is -2.33. The molecule has 4 unspecified atom stereocenters. The van der Waals surface area contributed by atoms with Crippen LogP contribution < -0.4 is 4.52 Å². The number of phenols is 1. The molecule has 0 aliphatic heterocycles. The number of hydrogen-bond donors (Lipinski definition) is 1. The quantitative estimate of drug-likeness (QED) is 0.146. The van der Waals surface area contributed by atoms with Crippen LogP contribution in [0.4, 0.5) is 0 Å². The van der Waals surface area contributed by atoms with Crippen LogP contribution in [-0.2, 0) is 31.3 Å². The second kappa shape index (κ2) is 16.6. The molecule has 4 atom stereocenters. The van der Waals surface area contributed by atoms with E-state index < -0.39 is 0 Å². The molecule has 0 spiro atoms. The van der Waals surface area contributed by atoms with E-state index in [1.165, 1.54) is 22.3 Å². The molecule has 4 aromatic carbocycles. The molecule has 0 fully saturated rings. The molecule has 5 heteroatoms. The topological polar surface area (TPSA) is 38.7 Å². The van der Waals surface area contributed by atoms with Crippen molar-refractivity contribution in [2.24, 2.45) is 0 Å². The lowest BCUT2D eigenvalue weighted by molar-refractivity contribution is 0.198. The average molecular weight is 755 g/mol. The SMILES string of the molecule is CCC(CC(PC(C)(C)c1ccccc1)c1ccccc1)OPOc1c(-c2cc(C(C)(C)C)cc(C(C)(C)C)c2O)cc(C(C)(C)C)cc1C(C)(C)C. The van der Waals surface area contributed by atoms with Gasteiger partial charge in [-0.05, 0) is 68.9 Å². The predicted molar refractivity (Wildman–Crippen MR) is 234 cm³/mol. The van der Waals surface area contributed by atoms with Crippen LogP contribution in [-0.4, -0.2) is 11.2 Å². The summed E-state index contributed by atoms with van der Waals surface area (Å²) in [6.45, 7) is 33.7. The van der Waals surface area contributed by atoms with Crippen LogP contribution in [0.25, 0.3) is 11.1 Å². The number of phenolic OH excluding ortho intramolecular Hbond substituents is 1.